The van der Waals surface area contributed by atoms with E-state index in [1.165, 1.54) is 6.21 Å². The molecule has 0 bridgehead atoms. The van der Waals surface area contributed by atoms with E-state index in [9.17, 15) is 4.79 Å². The van der Waals surface area contributed by atoms with Crippen molar-refractivity contribution in [3.63, 3.8) is 0 Å². The van der Waals surface area contributed by atoms with Crippen molar-refractivity contribution < 1.29 is 14.4 Å². The molecule has 0 aliphatic rings. The molecule has 0 aliphatic heterocycles. The van der Waals surface area contributed by atoms with Crippen LogP contribution >= 0.6 is 34.8 Å². The highest BCUT2D eigenvalue weighted by Crippen LogP contribution is 2.24. The number of rotatable bonds is 8. The van der Waals surface area contributed by atoms with Gasteiger partial charge in [-0.05, 0) is 48.5 Å². The topological polar surface area (TPSA) is 59.9 Å². The summed E-state index contributed by atoms with van der Waals surface area (Å²) in [7, 11) is 0. The Morgan fingerprint density at radius 3 is 2.47 bits per heavy atom. The maximum atomic E-state index is 11.9. The Labute approximate surface area is 189 Å². The monoisotopic (exact) mass is 462 g/mol. The summed E-state index contributed by atoms with van der Waals surface area (Å²) in [4.78, 5) is 17.0. The van der Waals surface area contributed by atoms with Crippen LogP contribution in [0.3, 0.4) is 0 Å². The van der Waals surface area contributed by atoms with E-state index in [1.54, 1.807) is 48.5 Å². The van der Waals surface area contributed by atoms with Crippen LogP contribution in [0.15, 0.2) is 71.9 Å². The van der Waals surface area contributed by atoms with Crippen molar-refractivity contribution in [1.29, 1.82) is 0 Å². The van der Waals surface area contributed by atoms with Gasteiger partial charge in [-0.25, -0.2) is 0 Å². The first-order valence-corrected chi connectivity index (χ1v) is 10.0. The largest absolute Gasteiger partial charge is 0.488 e. The Morgan fingerprint density at radius 1 is 0.967 bits per heavy atom. The van der Waals surface area contributed by atoms with Crippen LogP contribution in [-0.2, 0) is 16.2 Å². The molecule has 0 spiro atoms. The van der Waals surface area contributed by atoms with E-state index in [4.69, 9.17) is 44.4 Å². The summed E-state index contributed by atoms with van der Waals surface area (Å²) in [5.41, 5.74) is 2.07. The van der Waals surface area contributed by atoms with Crippen molar-refractivity contribution in [2.45, 2.75) is 6.61 Å². The number of halogens is 3. The fraction of sp³-hybridized carbons (Fsp3) is 0.0909. The lowest BCUT2D eigenvalue weighted by atomic mass is 10.2. The molecule has 154 valence electrons. The first-order chi connectivity index (χ1) is 14.5. The number of nitrogens with zero attached hydrogens (tertiary/aromatic N) is 1. The number of nitrogens with one attached hydrogen (secondary N) is 1. The van der Waals surface area contributed by atoms with Crippen molar-refractivity contribution in [2.75, 3.05) is 11.9 Å². The van der Waals surface area contributed by atoms with Gasteiger partial charge in [-0.2, -0.15) is 0 Å². The Morgan fingerprint density at radius 2 is 1.70 bits per heavy atom. The fourth-order valence-electron chi connectivity index (χ4n) is 2.44. The first-order valence-electron chi connectivity index (χ1n) is 8.88. The molecule has 3 aromatic carbocycles. The predicted octanol–water partition coefficient (Wildman–Crippen LogP) is 6.22. The zero-order chi connectivity index (χ0) is 21.3. The third-order valence-electron chi connectivity index (χ3n) is 3.90. The molecule has 0 aromatic heterocycles. The third kappa shape index (κ3) is 6.66. The smallest absolute Gasteiger partial charge is 0.265 e. The maximum absolute atomic E-state index is 11.9. The Balaban J connectivity index is 1.56. The van der Waals surface area contributed by atoms with Gasteiger partial charge in [0.05, 0.1) is 6.21 Å². The van der Waals surface area contributed by atoms with Crippen molar-refractivity contribution in [3.8, 4) is 5.75 Å². The van der Waals surface area contributed by atoms with E-state index >= 15 is 0 Å². The van der Waals surface area contributed by atoms with Crippen molar-refractivity contribution in [3.05, 3.63) is 92.9 Å². The van der Waals surface area contributed by atoms with Crippen LogP contribution in [0.4, 0.5) is 5.69 Å². The van der Waals surface area contributed by atoms with Crippen LogP contribution in [0, 0.1) is 0 Å². The lowest BCUT2D eigenvalue weighted by Crippen LogP contribution is -2.16. The van der Waals surface area contributed by atoms with E-state index in [-0.39, 0.29) is 19.1 Å². The number of amides is 1. The second-order valence-electron chi connectivity index (χ2n) is 6.13. The molecule has 0 heterocycles. The van der Waals surface area contributed by atoms with E-state index in [0.29, 0.717) is 32.1 Å². The SMILES string of the molecule is O=C(CO/N=C/c1cc(Cl)ccc1OCc1ccccc1Cl)Nc1ccc(Cl)cc1. The van der Waals surface area contributed by atoms with E-state index < -0.39 is 0 Å². The molecule has 0 saturated carbocycles. The summed E-state index contributed by atoms with van der Waals surface area (Å²) in [5.74, 6) is 0.202. The van der Waals surface area contributed by atoms with Gasteiger partial charge in [0.2, 0.25) is 0 Å². The second kappa shape index (κ2) is 10.9. The lowest BCUT2D eigenvalue weighted by Gasteiger charge is -2.10. The van der Waals surface area contributed by atoms with Crippen molar-refractivity contribution >= 4 is 52.6 Å². The number of oxime groups is 1. The third-order valence-corrected chi connectivity index (χ3v) is 4.76. The van der Waals surface area contributed by atoms with Gasteiger partial charge in [-0.3, -0.25) is 4.79 Å². The quantitative estimate of drug-likeness (QED) is 0.319. The average molecular weight is 464 g/mol. The Kier molecular flexibility index (Phi) is 7.97. The molecule has 3 aromatic rings. The molecule has 3 rings (SSSR count). The van der Waals surface area contributed by atoms with Gasteiger partial charge in [-0.1, -0.05) is 58.2 Å². The molecule has 30 heavy (non-hydrogen) atoms. The molecule has 0 fully saturated rings. The molecule has 5 nitrogen and oxygen atoms in total. The number of carbonyl (C=O) groups excluding carboxylic acids is 1. The molecule has 0 aliphatic carbocycles. The highest BCUT2D eigenvalue weighted by molar-refractivity contribution is 6.31. The number of hydrogen-bond acceptors (Lipinski definition) is 4. The molecule has 0 atom stereocenters. The first kappa shape index (κ1) is 22.0. The summed E-state index contributed by atoms with van der Waals surface area (Å²) in [5, 5.41) is 8.24. The number of carbonyl (C=O) groups is 1. The van der Waals surface area contributed by atoms with Gasteiger partial charge in [0.25, 0.3) is 5.91 Å². The number of benzene rings is 3. The minimum absolute atomic E-state index is 0.254. The highest BCUT2D eigenvalue weighted by atomic mass is 35.5. The lowest BCUT2D eigenvalue weighted by molar-refractivity contribution is -0.120. The van der Waals surface area contributed by atoms with Crippen LogP contribution in [0.2, 0.25) is 15.1 Å². The Bertz CT molecular complexity index is 1040. The minimum Gasteiger partial charge on any atom is -0.488 e. The maximum Gasteiger partial charge on any atom is 0.265 e. The summed E-state index contributed by atoms with van der Waals surface area (Å²) in [6.45, 7) is 0.0298. The van der Waals surface area contributed by atoms with Crippen molar-refractivity contribution in [2.24, 2.45) is 5.16 Å². The van der Waals surface area contributed by atoms with E-state index in [2.05, 4.69) is 10.5 Å². The second-order valence-corrected chi connectivity index (χ2v) is 7.41. The van der Waals surface area contributed by atoms with E-state index in [0.717, 1.165) is 5.56 Å². The van der Waals surface area contributed by atoms with Crippen LogP contribution < -0.4 is 10.1 Å². The van der Waals surface area contributed by atoms with Crippen LogP contribution in [0.25, 0.3) is 0 Å². The van der Waals surface area contributed by atoms with Gasteiger partial charge in [-0.15, -0.1) is 0 Å². The highest BCUT2D eigenvalue weighted by Gasteiger charge is 2.07. The average Bonchev–Trinajstić information content (AvgIpc) is 2.73. The zero-order valence-corrected chi connectivity index (χ0v) is 17.9. The van der Waals surface area contributed by atoms with Gasteiger partial charge in [0.15, 0.2) is 6.61 Å². The predicted molar refractivity (Wildman–Crippen MR) is 121 cm³/mol. The van der Waals surface area contributed by atoms with E-state index in [1.807, 2.05) is 18.2 Å². The summed E-state index contributed by atoms with van der Waals surface area (Å²) in [6.07, 6.45) is 1.43. The summed E-state index contributed by atoms with van der Waals surface area (Å²) < 4.78 is 5.85. The summed E-state index contributed by atoms with van der Waals surface area (Å²) >= 11 is 18.0. The molecule has 8 heteroatoms. The molecular weight excluding hydrogens is 447 g/mol. The normalized spacial score (nSPS) is 10.8. The van der Waals surface area contributed by atoms with Crippen molar-refractivity contribution in [1.82, 2.24) is 0 Å². The fourth-order valence-corrected chi connectivity index (χ4v) is 2.94. The van der Waals surface area contributed by atoms with Crippen LogP contribution in [0.1, 0.15) is 11.1 Å². The molecule has 1 N–H and O–H groups in total. The molecular formula is C22H17Cl3N2O3. The summed E-state index contributed by atoms with van der Waals surface area (Å²) in [6, 6.07) is 19.3. The standard InChI is InChI=1S/C22H17Cl3N2O3/c23-17-5-8-19(9-6-17)27-22(28)14-30-26-12-16-11-18(24)7-10-21(16)29-13-15-3-1-2-4-20(15)25/h1-12H,13-14H2,(H,27,28)/b26-12+. The Hall–Kier alpha value is -2.73. The molecule has 0 unspecified atom stereocenters. The van der Waals surface area contributed by atoms with Gasteiger partial charge < -0.3 is 14.9 Å². The van der Waals surface area contributed by atoms with Gasteiger partial charge in [0.1, 0.15) is 12.4 Å². The molecule has 0 radical (unpaired) electrons. The number of anilines is 1. The van der Waals surface area contributed by atoms with Crippen LogP contribution in [-0.4, -0.2) is 18.7 Å². The van der Waals surface area contributed by atoms with Gasteiger partial charge in [0, 0.05) is 31.9 Å². The van der Waals surface area contributed by atoms with Gasteiger partial charge >= 0.3 is 0 Å². The molecule has 1 amide bonds. The minimum atomic E-state index is -0.351. The van der Waals surface area contributed by atoms with Crippen LogP contribution in [0.5, 0.6) is 5.75 Å². The number of hydrogen-bond donors (Lipinski definition) is 1. The zero-order valence-electron chi connectivity index (χ0n) is 15.6. The number of ether oxygens (including phenoxy) is 1. The molecule has 0 saturated heterocycles.